The topological polar surface area (TPSA) is 89.9 Å². The third kappa shape index (κ3) is 3.94. The maximum atomic E-state index is 16.5. The summed E-state index contributed by atoms with van der Waals surface area (Å²) in [5.74, 6) is 0. The van der Waals surface area contributed by atoms with Crippen molar-refractivity contribution in [1.29, 1.82) is 10.5 Å². The Hall–Kier alpha value is -6.42. The molecule has 1 aromatic heterocycles. The first-order chi connectivity index (χ1) is 25.5. The van der Waals surface area contributed by atoms with E-state index in [-0.39, 0.29) is 0 Å². The van der Waals surface area contributed by atoms with E-state index in [0.717, 1.165) is 27.5 Å². The minimum Gasteiger partial charge on any atom is -0.309 e. The summed E-state index contributed by atoms with van der Waals surface area (Å²) in [6, 6.07) is 54.4. The molecule has 0 saturated carbocycles. The van der Waals surface area contributed by atoms with Crippen molar-refractivity contribution in [2.45, 2.75) is 0 Å². The lowest BCUT2D eigenvalue weighted by Gasteiger charge is -2.44. The molecule has 2 aliphatic rings. The molecule has 0 bridgehead atoms. The van der Waals surface area contributed by atoms with Crippen LogP contribution in [-0.4, -0.2) is 4.57 Å². The average molecular weight is 705 g/mol. The second-order valence-corrected chi connectivity index (χ2v) is 18.5. The van der Waals surface area contributed by atoms with Gasteiger partial charge in [-0.2, -0.15) is 10.5 Å². The van der Waals surface area contributed by atoms with E-state index in [2.05, 4.69) is 41.0 Å². The number of rotatable bonds is 3. The summed E-state index contributed by atoms with van der Waals surface area (Å²) >= 11 is 0. The lowest BCUT2D eigenvalue weighted by Crippen LogP contribution is -2.46. The van der Waals surface area contributed by atoms with Gasteiger partial charge in [0.1, 0.15) is 0 Å². The molecule has 2 aliphatic heterocycles. The molecular formula is C44H26N4O2P2. The second kappa shape index (κ2) is 11.0. The van der Waals surface area contributed by atoms with Gasteiger partial charge in [0.25, 0.3) is 0 Å². The molecule has 6 nitrogen and oxygen atoms in total. The molecule has 2 unspecified atom stereocenters. The summed E-state index contributed by atoms with van der Waals surface area (Å²) in [4.78, 5) is 2.05. The molecule has 10 rings (SSSR count). The number of hydrogen-bond donors (Lipinski definition) is 0. The lowest BCUT2D eigenvalue weighted by atomic mass is 10.1. The fourth-order valence-electron chi connectivity index (χ4n) is 8.16. The number of nitriles is 2. The molecule has 0 radical (unpaired) electrons. The molecule has 8 aromatic rings. The first-order valence-corrected chi connectivity index (χ1v) is 20.3. The maximum absolute atomic E-state index is 16.5. The van der Waals surface area contributed by atoms with Crippen LogP contribution in [0.5, 0.6) is 0 Å². The van der Waals surface area contributed by atoms with Crippen molar-refractivity contribution in [3.8, 4) is 17.8 Å². The summed E-state index contributed by atoms with van der Waals surface area (Å²) in [6.45, 7) is 0. The van der Waals surface area contributed by atoms with Crippen molar-refractivity contribution < 1.29 is 9.13 Å². The normalized spacial score (nSPS) is 18.2. The molecule has 0 saturated heterocycles. The van der Waals surface area contributed by atoms with Crippen LogP contribution >= 0.6 is 14.3 Å². The Morgan fingerprint density at radius 1 is 0.462 bits per heavy atom. The fraction of sp³-hybridized carbons (Fsp3) is 0. The van der Waals surface area contributed by atoms with Crippen molar-refractivity contribution >= 4 is 85.0 Å². The molecule has 0 fully saturated rings. The quantitative estimate of drug-likeness (QED) is 0.175. The largest absolute Gasteiger partial charge is 0.309 e. The second-order valence-electron chi connectivity index (χ2n) is 13.1. The van der Waals surface area contributed by atoms with E-state index in [0.29, 0.717) is 60.0 Å². The van der Waals surface area contributed by atoms with Crippen molar-refractivity contribution in [3.63, 3.8) is 0 Å². The zero-order valence-electron chi connectivity index (χ0n) is 27.5. The van der Waals surface area contributed by atoms with Gasteiger partial charge in [-0.25, -0.2) is 0 Å². The molecule has 244 valence electrons. The van der Waals surface area contributed by atoms with E-state index >= 15 is 9.13 Å². The summed E-state index contributed by atoms with van der Waals surface area (Å²) < 4.78 is 35.2. The summed E-state index contributed by atoms with van der Waals surface area (Å²) in [6.07, 6.45) is 0. The first kappa shape index (κ1) is 30.4. The zero-order chi connectivity index (χ0) is 35.2. The molecule has 8 heteroatoms. The number of anilines is 3. The molecule has 0 spiro atoms. The molecule has 0 aliphatic carbocycles. The van der Waals surface area contributed by atoms with Gasteiger partial charge in [-0.3, -0.25) is 0 Å². The fourth-order valence-corrected chi connectivity index (χ4v) is 14.4. The SMILES string of the molecule is N#Cc1ccc2c(c1)P(=O)(c1ccccc1)c1cc(-n3c4ccccc4c4ccccc43)cc3c1N2c1ccc(C#N)cc1P3(=O)c1ccccc1. The summed E-state index contributed by atoms with van der Waals surface area (Å²) in [5.41, 5.74) is 5.33. The van der Waals surface area contributed by atoms with E-state index in [9.17, 15) is 10.5 Å². The predicted molar refractivity (Wildman–Crippen MR) is 211 cm³/mol. The van der Waals surface area contributed by atoms with Crippen LogP contribution in [0.2, 0.25) is 0 Å². The Labute approximate surface area is 299 Å². The van der Waals surface area contributed by atoms with Crippen molar-refractivity contribution in [2.75, 3.05) is 4.90 Å². The van der Waals surface area contributed by atoms with Gasteiger partial charge in [0.15, 0.2) is 14.3 Å². The van der Waals surface area contributed by atoms with Gasteiger partial charge in [-0.1, -0.05) is 97.1 Å². The minimum atomic E-state index is -3.73. The predicted octanol–water partition coefficient (Wildman–Crippen LogP) is 7.90. The Balaban J connectivity index is 1.44. The van der Waals surface area contributed by atoms with Gasteiger partial charge in [0, 0.05) is 48.3 Å². The lowest BCUT2D eigenvalue weighted by molar-refractivity contribution is 0.592. The standard InChI is InChI=1S/C44H26N4O2P2/c45-27-29-19-21-38-40(23-29)51(49,32-11-3-1-4-12-32)42-25-31(47-36-17-9-7-15-34(36)35-16-8-10-18-37(35)47)26-43-44(42)48(38)39-22-20-30(28-46)24-41(39)52(43,50)33-13-5-2-6-14-33/h1-26H. The van der Waals surface area contributed by atoms with E-state index in [1.165, 1.54) is 0 Å². The van der Waals surface area contributed by atoms with Crippen LogP contribution < -0.4 is 36.7 Å². The van der Waals surface area contributed by atoms with E-state index in [1.54, 1.807) is 24.3 Å². The molecule has 2 atom stereocenters. The smallest absolute Gasteiger partial charge is 0.175 e. The van der Waals surface area contributed by atoms with E-state index in [1.807, 2.05) is 114 Å². The number of aromatic nitrogens is 1. The summed E-state index contributed by atoms with van der Waals surface area (Å²) in [7, 11) is -7.47. The molecule has 7 aromatic carbocycles. The van der Waals surface area contributed by atoms with Crippen molar-refractivity contribution in [3.05, 3.63) is 169 Å². The highest BCUT2D eigenvalue weighted by Crippen LogP contribution is 2.61. The van der Waals surface area contributed by atoms with E-state index < -0.39 is 14.3 Å². The Morgan fingerprint density at radius 3 is 1.33 bits per heavy atom. The number of hydrogen-bond acceptors (Lipinski definition) is 5. The summed E-state index contributed by atoms with van der Waals surface area (Å²) in [5, 5.41) is 25.7. The van der Waals surface area contributed by atoms with E-state index in [4.69, 9.17) is 0 Å². The third-order valence-electron chi connectivity index (χ3n) is 10.4. The first-order valence-electron chi connectivity index (χ1n) is 16.9. The zero-order valence-corrected chi connectivity index (χ0v) is 29.3. The highest BCUT2D eigenvalue weighted by atomic mass is 31.2. The minimum absolute atomic E-state index is 0.393. The molecule has 0 N–H and O–H groups in total. The maximum Gasteiger partial charge on any atom is 0.175 e. The monoisotopic (exact) mass is 704 g/mol. The Bertz CT molecular complexity index is 2810. The van der Waals surface area contributed by atoms with Crippen LogP contribution in [0, 0.1) is 22.7 Å². The van der Waals surface area contributed by atoms with Crippen LogP contribution in [0.1, 0.15) is 11.1 Å². The van der Waals surface area contributed by atoms with Gasteiger partial charge in [-0.15, -0.1) is 0 Å². The highest BCUT2D eigenvalue weighted by molar-refractivity contribution is 7.88. The number of para-hydroxylation sites is 2. The highest BCUT2D eigenvalue weighted by Gasteiger charge is 2.50. The van der Waals surface area contributed by atoms with Gasteiger partial charge in [0.2, 0.25) is 0 Å². The number of benzene rings is 7. The van der Waals surface area contributed by atoms with Crippen molar-refractivity contribution in [1.82, 2.24) is 4.57 Å². The average Bonchev–Trinajstić information content (AvgIpc) is 3.55. The van der Waals surface area contributed by atoms with Crippen LogP contribution in [0.15, 0.2) is 158 Å². The van der Waals surface area contributed by atoms with Crippen molar-refractivity contribution in [2.24, 2.45) is 0 Å². The number of nitrogens with zero attached hydrogens (tertiary/aromatic N) is 4. The van der Waals surface area contributed by atoms with Gasteiger partial charge >= 0.3 is 0 Å². The van der Waals surface area contributed by atoms with Gasteiger partial charge in [-0.05, 0) is 60.7 Å². The number of fused-ring (bicyclic) bond motifs is 7. The molecule has 0 amide bonds. The molecular weight excluding hydrogens is 678 g/mol. The molecule has 3 heterocycles. The van der Waals surface area contributed by atoms with Gasteiger partial charge < -0.3 is 18.6 Å². The van der Waals surface area contributed by atoms with Crippen LogP contribution in [-0.2, 0) is 9.13 Å². The van der Waals surface area contributed by atoms with Crippen LogP contribution in [0.25, 0.3) is 27.5 Å². The molecule has 52 heavy (non-hydrogen) atoms. The van der Waals surface area contributed by atoms with Crippen LogP contribution in [0.4, 0.5) is 17.1 Å². The Morgan fingerprint density at radius 2 is 0.885 bits per heavy atom. The third-order valence-corrected chi connectivity index (χ3v) is 16.6. The van der Waals surface area contributed by atoms with Crippen LogP contribution in [0.3, 0.4) is 0 Å². The van der Waals surface area contributed by atoms with Gasteiger partial charge in [0.05, 0.1) is 51.4 Å². The Kier molecular flexibility index (Phi) is 6.45.